The Bertz CT molecular complexity index is 737. The van der Waals surface area contributed by atoms with Crippen molar-refractivity contribution in [3.63, 3.8) is 0 Å². The first kappa shape index (κ1) is 11.4. The average Bonchev–Trinajstić information content (AvgIpc) is 2.71. The molecule has 0 saturated heterocycles. The van der Waals surface area contributed by atoms with E-state index in [9.17, 15) is 5.11 Å². The monoisotopic (exact) mass is 278 g/mol. The second-order valence-corrected chi connectivity index (χ2v) is 4.63. The number of pyridine rings is 1. The van der Waals surface area contributed by atoms with E-state index in [4.69, 9.17) is 23.2 Å². The molecule has 0 bridgehead atoms. The van der Waals surface area contributed by atoms with E-state index in [-0.39, 0.29) is 5.75 Å². The molecule has 0 radical (unpaired) electrons. The molecule has 0 aliphatic carbocycles. The number of rotatable bonds is 1. The molecule has 0 atom stereocenters. The van der Waals surface area contributed by atoms with Crippen molar-refractivity contribution in [3.8, 4) is 17.1 Å². The lowest BCUT2D eigenvalue weighted by atomic mass is 10.2. The summed E-state index contributed by atoms with van der Waals surface area (Å²) >= 11 is 12.1. The van der Waals surface area contributed by atoms with Crippen molar-refractivity contribution in [1.82, 2.24) is 9.97 Å². The summed E-state index contributed by atoms with van der Waals surface area (Å²) in [5.74, 6) is 0.0351. The molecule has 2 N–H and O–H groups in total. The van der Waals surface area contributed by atoms with Gasteiger partial charge >= 0.3 is 0 Å². The number of hydrogen-bond donors (Lipinski definition) is 2. The second kappa shape index (κ2) is 4.19. The van der Waals surface area contributed by atoms with Gasteiger partial charge in [0.15, 0.2) is 0 Å². The summed E-state index contributed by atoms with van der Waals surface area (Å²) < 4.78 is 0. The van der Waals surface area contributed by atoms with Crippen LogP contribution >= 0.6 is 23.2 Å². The highest BCUT2D eigenvalue weighted by molar-refractivity contribution is 6.38. The molecule has 2 aromatic heterocycles. The first-order valence-corrected chi connectivity index (χ1v) is 6.04. The first-order chi connectivity index (χ1) is 8.66. The summed E-state index contributed by atoms with van der Waals surface area (Å²) in [6.45, 7) is 0. The lowest BCUT2D eigenvalue weighted by Gasteiger charge is -2.02. The van der Waals surface area contributed by atoms with E-state index in [0.717, 1.165) is 10.9 Å². The predicted octanol–water partition coefficient (Wildman–Crippen LogP) is 4.24. The van der Waals surface area contributed by atoms with Crippen molar-refractivity contribution in [3.05, 3.63) is 46.6 Å². The maximum Gasteiger partial charge on any atom is 0.143 e. The Morgan fingerprint density at radius 1 is 1.06 bits per heavy atom. The number of nitrogens with zero attached hydrogens (tertiary/aromatic N) is 1. The van der Waals surface area contributed by atoms with Crippen LogP contribution in [0.1, 0.15) is 0 Å². The molecule has 0 amide bonds. The van der Waals surface area contributed by atoms with Crippen LogP contribution in [0.4, 0.5) is 0 Å². The van der Waals surface area contributed by atoms with Crippen LogP contribution in [0, 0.1) is 0 Å². The molecular weight excluding hydrogens is 271 g/mol. The Morgan fingerprint density at radius 3 is 2.61 bits per heavy atom. The van der Waals surface area contributed by atoms with Gasteiger partial charge in [-0.25, -0.2) is 4.98 Å². The maximum absolute atomic E-state index is 9.84. The van der Waals surface area contributed by atoms with Gasteiger partial charge in [0, 0.05) is 10.9 Å². The molecular formula is C13H8Cl2N2O. The van der Waals surface area contributed by atoms with Crippen LogP contribution < -0.4 is 0 Å². The number of hydrogen-bond acceptors (Lipinski definition) is 2. The predicted molar refractivity (Wildman–Crippen MR) is 73.2 cm³/mol. The average molecular weight is 279 g/mol. The highest BCUT2D eigenvalue weighted by Gasteiger charge is 2.15. The van der Waals surface area contributed by atoms with Gasteiger partial charge in [-0.2, -0.15) is 0 Å². The Kier molecular flexibility index (Phi) is 2.65. The molecule has 0 fully saturated rings. The van der Waals surface area contributed by atoms with E-state index >= 15 is 0 Å². The number of fused-ring (bicyclic) bond motifs is 1. The number of para-hydroxylation sites is 1. The summed E-state index contributed by atoms with van der Waals surface area (Å²) in [6.07, 6.45) is 0. The third-order valence-electron chi connectivity index (χ3n) is 2.72. The fourth-order valence-electron chi connectivity index (χ4n) is 1.88. The molecule has 0 saturated carbocycles. The summed E-state index contributed by atoms with van der Waals surface area (Å²) in [5, 5.41) is 11.5. The largest absolute Gasteiger partial charge is 0.506 e. The van der Waals surface area contributed by atoms with Crippen LogP contribution in [-0.2, 0) is 0 Å². The summed E-state index contributed by atoms with van der Waals surface area (Å²) in [6, 6.07) is 10.6. The molecule has 0 aliphatic rings. The first-order valence-electron chi connectivity index (χ1n) is 5.29. The van der Waals surface area contributed by atoms with Crippen LogP contribution in [0.15, 0.2) is 36.4 Å². The Morgan fingerprint density at radius 2 is 1.83 bits per heavy atom. The van der Waals surface area contributed by atoms with Crippen molar-refractivity contribution in [2.45, 2.75) is 0 Å². The van der Waals surface area contributed by atoms with Gasteiger partial charge in [0.05, 0.1) is 10.7 Å². The van der Waals surface area contributed by atoms with Gasteiger partial charge in [-0.15, -0.1) is 0 Å². The SMILES string of the molecule is Oc1ccc(Cl)nc1-c1[nH]c2ccccc2c1Cl. The van der Waals surface area contributed by atoms with E-state index in [1.54, 1.807) is 0 Å². The molecule has 1 aromatic carbocycles. The minimum absolute atomic E-state index is 0.0351. The number of aromatic nitrogens is 2. The molecule has 3 nitrogen and oxygen atoms in total. The van der Waals surface area contributed by atoms with Gasteiger partial charge in [-0.1, -0.05) is 41.4 Å². The van der Waals surface area contributed by atoms with Gasteiger partial charge in [0.1, 0.15) is 16.6 Å². The quantitative estimate of drug-likeness (QED) is 0.654. The van der Waals surface area contributed by atoms with E-state index in [1.807, 2.05) is 24.3 Å². The van der Waals surface area contributed by atoms with Crippen molar-refractivity contribution in [2.24, 2.45) is 0 Å². The minimum Gasteiger partial charge on any atom is -0.506 e. The summed E-state index contributed by atoms with van der Waals surface area (Å²) in [7, 11) is 0. The Balaban J connectivity index is 2.31. The zero-order chi connectivity index (χ0) is 12.7. The van der Waals surface area contributed by atoms with Crippen LogP contribution in [0.2, 0.25) is 10.2 Å². The molecule has 18 heavy (non-hydrogen) atoms. The second-order valence-electron chi connectivity index (χ2n) is 3.86. The number of benzene rings is 1. The zero-order valence-corrected chi connectivity index (χ0v) is 10.6. The van der Waals surface area contributed by atoms with Gasteiger partial charge in [0.25, 0.3) is 0 Å². The van der Waals surface area contributed by atoms with E-state index in [1.165, 1.54) is 12.1 Å². The minimum atomic E-state index is 0.0351. The van der Waals surface area contributed by atoms with Gasteiger partial charge < -0.3 is 10.1 Å². The normalized spacial score (nSPS) is 11.0. The lowest BCUT2D eigenvalue weighted by Crippen LogP contribution is -1.85. The van der Waals surface area contributed by atoms with Crippen LogP contribution in [0.3, 0.4) is 0 Å². The fraction of sp³-hybridized carbons (Fsp3) is 0. The number of aromatic amines is 1. The highest BCUT2D eigenvalue weighted by atomic mass is 35.5. The summed E-state index contributed by atoms with van der Waals surface area (Å²) in [5.41, 5.74) is 1.81. The van der Waals surface area contributed by atoms with Gasteiger partial charge in [-0.05, 0) is 18.2 Å². The third kappa shape index (κ3) is 1.72. The molecule has 0 aliphatic heterocycles. The Hall–Kier alpha value is -1.71. The van der Waals surface area contributed by atoms with Crippen molar-refractivity contribution < 1.29 is 5.11 Å². The molecule has 2 heterocycles. The van der Waals surface area contributed by atoms with Crippen LogP contribution in [-0.4, -0.2) is 15.1 Å². The smallest absolute Gasteiger partial charge is 0.143 e. The number of nitrogens with one attached hydrogen (secondary N) is 1. The topological polar surface area (TPSA) is 48.9 Å². The van der Waals surface area contributed by atoms with E-state index in [0.29, 0.717) is 21.6 Å². The Labute approximate surface area is 113 Å². The van der Waals surface area contributed by atoms with Gasteiger partial charge in [-0.3, -0.25) is 0 Å². The third-order valence-corrected chi connectivity index (χ3v) is 3.32. The van der Waals surface area contributed by atoms with Crippen LogP contribution in [0.5, 0.6) is 5.75 Å². The van der Waals surface area contributed by atoms with Crippen LogP contribution in [0.25, 0.3) is 22.3 Å². The van der Waals surface area contributed by atoms with Gasteiger partial charge in [0.2, 0.25) is 0 Å². The lowest BCUT2D eigenvalue weighted by molar-refractivity contribution is 0.475. The highest BCUT2D eigenvalue weighted by Crippen LogP contribution is 2.37. The molecule has 0 spiro atoms. The molecule has 90 valence electrons. The summed E-state index contributed by atoms with van der Waals surface area (Å²) in [4.78, 5) is 7.23. The van der Waals surface area contributed by atoms with Crippen molar-refractivity contribution >= 4 is 34.1 Å². The zero-order valence-electron chi connectivity index (χ0n) is 9.11. The number of H-pyrrole nitrogens is 1. The van der Waals surface area contributed by atoms with Crippen molar-refractivity contribution in [1.29, 1.82) is 0 Å². The molecule has 3 aromatic rings. The number of halogens is 2. The molecule has 3 rings (SSSR count). The molecule has 0 unspecified atom stereocenters. The van der Waals surface area contributed by atoms with E-state index < -0.39 is 0 Å². The fourth-order valence-corrected chi connectivity index (χ4v) is 2.33. The maximum atomic E-state index is 9.84. The van der Waals surface area contributed by atoms with Crippen molar-refractivity contribution in [2.75, 3.05) is 0 Å². The number of aromatic hydroxyl groups is 1. The van der Waals surface area contributed by atoms with E-state index in [2.05, 4.69) is 9.97 Å². The molecule has 5 heteroatoms. The standard InChI is InChI=1S/C13H8Cl2N2O/c14-10-6-5-9(18)12(17-10)13-11(15)7-3-1-2-4-8(7)16-13/h1-6,16,18H.